The van der Waals surface area contributed by atoms with Crippen molar-refractivity contribution in [2.24, 2.45) is 0 Å². The molecule has 2 heterocycles. The van der Waals surface area contributed by atoms with E-state index in [-0.39, 0.29) is 11.9 Å². The summed E-state index contributed by atoms with van der Waals surface area (Å²) in [5, 5.41) is 0. The molecule has 0 fully saturated rings. The Morgan fingerprint density at radius 1 is 1.27 bits per heavy atom. The SMILES string of the molecule is CC[C@@H](c1cccnc1)N(C)C(=O)c1nc2ccccc2[nH]1. The highest BCUT2D eigenvalue weighted by atomic mass is 16.2. The van der Waals surface area contributed by atoms with Crippen LogP contribution >= 0.6 is 0 Å². The van der Waals surface area contributed by atoms with Crippen LogP contribution in [0.25, 0.3) is 11.0 Å². The van der Waals surface area contributed by atoms with Gasteiger partial charge in [0, 0.05) is 19.4 Å². The van der Waals surface area contributed by atoms with E-state index in [0.29, 0.717) is 5.82 Å². The van der Waals surface area contributed by atoms with Crippen LogP contribution in [0.5, 0.6) is 0 Å². The Balaban J connectivity index is 1.89. The van der Waals surface area contributed by atoms with Gasteiger partial charge in [-0.1, -0.05) is 25.1 Å². The van der Waals surface area contributed by atoms with Crippen molar-refractivity contribution in [2.45, 2.75) is 19.4 Å². The molecule has 3 aromatic rings. The zero-order chi connectivity index (χ0) is 15.5. The molecule has 112 valence electrons. The molecule has 0 spiro atoms. The Hall–Kier alpha value is -2.69. The van der Waals surface area contributed by atoms with E-state index in [1.54, 1.807) is 24.3 Å². The minimum absolute atomic E-state index is 0.0191. The van der Waals surface area contributed by atoms with Gasteiger partial charge in [-0.3, -0.25) is 9.78 Å². The van der Waals surface area contributed by atoms with Crippen LogP contribution in [0.1, 0.15) is 35.6 Å². The number of H-pyrrole nitrogens is 1. The first-order chi connectivity index (χ1) is 10.7. The predicted octanol–water partition coefficient (Wildman–Crippen LogP) is 3.18. The lowest BCUT2D eigenvalue weighted by Gasteiger charge is -2.26. The van der Waals surface area contributed by atoms with Gasteiger partial charge >= 0.3 is 0 Å². The van der Waals surface area contributed by atoms with Crippen LogP contribution in [0, 0.1) is 0 Å². The van der Waals surface area contributed by atoms with E-state index >= 15 is 0 Å². The smallest absolute Gasteiger partial charge is 0.289 e. The summed E-state index contributed by atoms with van der Waals surface area (Å²) < 4.78 is 0. The fraction of sp³-hybridized carbons (Fsp3) is 0.235. The first-order valence-corrected chi connectivity index (χ1v) is 7.32. The molecule has 0 saturated carbocycles. The van der Waals surface area contributed by atoms with Crippen LogP contribution in [0.3, 0.4) is 0 Å². The number of hydrogen-bond acceptors (Lipinski definition) is 3. The zero-order valence-corrected chi connectivity index (χ0v) is 12.7. The number of aromatic nitrogens is 3. The summed E-state index contributed by atoms with van der Waals surface area (Å²) in [6.07, 6.45) is 4.35. The molecule has 3 rings (SSSR count). The number of amides is 1. The highest BCUT2D eigenvalue weighted by Crippen LogP contribution is 2.23. The summed E-state index contributed by atoms with van der Waals surface area (Å²) in [5.41, 5.74) is 2.69. The Morgan fingerprint density at radius 3 is 2.77 bits per heavy atom. The van der Waals surface area contributed by atoms with Crippen LogP contribution in [0.15, 0.2) is 48.8 Å². The second-order valence-electron chi connectivity index (χ2n) is 5.23. The lowest BCUT2D eigenvalue weighted by Crippen LogP contribution is -2.31. The fourth-order valence-electron chi connectivity index (χ4n) is 2.67. The molecule has 0 aliphatic heterocycles. The largest absolute Gasteiger partial charge is 0.334 e. The maximum Gasteiger partial charge on any atom is 0.289 e. The van der Waals surface area contributed by atoms with E-state index in [4.69, 9.17) is 0 Å². The van der Waals surface area contributed by atoms with Gasteiger partial charge in [-0.25, -0.2) is 4.98 Å². The number of carbonyl (C=O) groups is 1. The average molecular weight is 294 g/mol. The van der Waals surface area contributed by atoms with E-state index in [9.17, 15) is 4.79 Å². The summed E-state index contributed by atoms with van der Waals surface area (Å²) in [6.45, 7) is 2.06. The summed E-state index contributed by atoms with van der Waals surface area (Å²) >= 11 is 0. The van der Waals surface area contributed by atoms with Crippen LogP contribution in [-0.2, 0) is 0 Å². The highest BCUT2D eigenvalue weighted by molar-refractivity contribution is 5.94. The molecule has 22 heavy (non-hydrogen) atoms. The number of hydrogen-bond donors (Lipinski definition) is 1. The Kier molecular flexibility index (Phi) is 3.87. The number of carbonyl (C=O) groups excluding carboxylic acids is 1. The van der Waals surface area contributed by atoms with Crippen LogP contribution in [0.4, 0.5) is 0 Å². The molecule has 2 aromatic heterocycles. The molecule has 0 saturated heterocycles. The minimum Gasteiger partial charge on any atom is -0.334 e. The van der Waals surface area contributed by atoms with Crippen LogP contribution in [-0.4, -0.2) is 32.8 Å². The van der Waals surface area contributed by atoms with E-state index < -0.39 is 0 Å². The summed E-state index contributed by atoms with van der Waals surface area (Å²) in [5.74, 6) is 0.248. The molecule has 0 radical (unpaired) electrons. The van der Waals surface area contributed by atoms with E-state index in [1.165, 1.54) is 0 Å². The van der Waals surface area contributed by atoms with Crippen molar-refractivity contribution in [2.75, 3.05) is 7.05 Å². The van der Waals surface area contributed by atoms with Gasteiger partial charge in [0.25, 0.3) is 5.91 Å². The molecule has 0 aliphatic rings. The number of imidazole rings is 1. The van der Waals surface area contributed by atoms with Crippen molar-refractivity contribution in [3.63, 3.8) is 0 Å². The number of nitrogens with zero attached hydrogens (tertiary/aromatic N) is 3. The third kappa shape index (κ3) is 2.57. The predicted molar refractivity (Wildman–Crippen MR) is 85.5 cm³/mol. The molecule has 0 aliphatic carbocycles. The lowest BCUT2D eigenvalue weighted by molar-refractivity contribution is 0.0715. The van der Waals surface area contributed by atoms with Crippen molar-refractivity contribution in [1.29, 1.82) is 0 Å². The van der Waals surface area contributed by atoms with Crippen LogP contribution in [0.2, 0.25) is 0 Å². The molecule has 5 nitrogen and oxygen atoms in total. The summed E-state index contributed by atoms with van der Waals surface area (Å²) in [6, 6.07) is 11.5. The van der Waals surface area contributed by atoms with Crippen molar-refractivity contribution in [3.8, 4) is 0 Å². The number of nitrogens with one attached hydrogen (secondary N) is 1. The van der Waals surface area contributed by atoms with E-state index in [0.717, 1.165) is 23.0 Å². The first kappa shape index (κ1) is 14.3. The number of benzene rings is 1. The molecule has 5 heteroatoms. The first-order valence-electron chi connectivity index (χ1n) is 7.32. The van der Waals surface area contributed by atoms with Crippen molar-refractivity contribution >= 4 is 16.9 Å². The van der Waals surface area contributed by atoms with Crippen LogP contribution < -0.4 is 0 Å². The van der Waals surface area contributed by atoms with Gasteiger partial charge in [0.1, 0.15) is 0 Å². The Bertz CT molecular complexity index is 748. The van der Waals surface area contributed by atoms with Gasteiger partial charge in [0.05, 0.1) is 17.1 Å². The Morgan fingerprint density at radius 2 is 2.09 bits per heavy atom. The summed E-state index contributed by atoms with van der Waals surface area (Å²) in [4.78, 5) is 26.0. The maximum absolute atomic E-state index is 12.7. The third-order valence-corrected chi connectivity index (χ3v) is 3.84. The third-order valence-electron chi connectivity index (χ3n) is 3.84. The molecule has 1 N–H and O–H groups in total. The lowest BCUT2D eigenvalue weighted by atomic mass is 10.1. The average Bonchev–Trinajstić information content (AvgIpc) is 2.99. The number of para-hydroxylation sites is 2. The number of pyridine rings is 1. The molecule has 1 amide bonds. The molecule has 1 atom stereocenters. The number of fused-ring (bicyclic) bond motifs is 1. The van der Waals surface area contributed by atoms with E-state index in [1.807, 2.05) is 36.4 Å². The normalized spacial score (nSPS) is 12.3. The molecule has 0 unspecified atom stereocenters. The zero-order valence-electron chi connectivity index (χ0n) is 12.7. The topological polar surface area (TPSA) is 61.9 Å². The second kappa shape index (κ2) is 5.97. The van der Waals surface area contributed by atoms with E-state index in [2.05, 4.69) is 21.9 Å². The summed E-state index contributed by atoms with van der Waals surface area (Å²) in [7, 11) is 1.80. The van der Waals surface area contributed by atoms with Gasteiger partial charge in [-0.05, 0) is 30.2 Å². The Labute approximate surface area is 129 Å². The molecular weight excluding hydrogens is 276 g/mol. The van der Waals surface area contributed by atoms with Gasteiger partial charge < -0.3 is 9.88 Å². The standard InChI is InChI=1S/C17H18N4O/c1-3-15(12-7-6-10-18-11-12)21(2)17(22)16-19-13-8-4-5-9-14(13)20-16/h4-11,15H,3H2,1-2H3,(H,19,20)/t15-/m0/s1. The molecular formula is C17H18N4O. The maximum atomic E-state index is 12.7. The second-order valence-corrected chi connectivity index (χ2v) is 5.23. The number of rotatable bonds is 4. The molecule has 1 aromatic carbocycles. The molecule has 0 bridgehead atoms. The van der Waals surface area contributed by atoms with Gasteiger partial charge in [0.2, 0.25) is 0 Å². The van der Waals surface area contributed by atoms with Gasteiger partial charge in [0.15, 0.2) is 5.82 Å². The number of aromatic amines is 1. The highest BCUT2D eigenvalue weighted by Gasteiger charge is 2.23. The van der Waals surface area contributed by atoms with Crippen molar-refractivity contribution in [1.82, 2.24) is 19.9 Å². The minimum atomic E-state index is -0.119. The van der Waals surface area contributed by atoms with Gasteiger partial charge in [-0.2, -0.15) is 0 Å². The monoisotopic (exact) mass is 294 g/mol. The van der Waals surface area contributed by atoms with Crippen molar-refractivity contribution in [3.05, 3.63) is 60.2 Å². The quantitative estimate of drug-likeness (QED) is 0.804. The van der Waals surface area contributed by atoms with Gasteiger partial charge in [-0.15, -0.1) is 0 Å². The van der Waals surface area contributed by atoms with Crippen molar-refractivity contribution < 1.29 is 4.79 Å². The fourth-order valence-corrected chi connectivity index (χ4v) is 2.67.